The lowest BCUT2D eigenvalue weighted by Gasteiger charge is -2.22. The monoisotopic (exact) mass is 438 g/mol. The third-order valence-electron chi connectivity index (χ3n) is 5.45. The summed E-state index contributed by atoms with van der Waals surface area (Å²) >= 11 is 1.17. The number of benzene rings is 2. The van der Waals surface area contributed by atoms with Crippen molar-refractivity contribution in [3.05, 3.63) is 63.7 Å². The summed E-state index contributed by atoms with van der Waals surface area (Å²) in [6.45, 7) is 0. The number of hydrogen-bond acceptors (Lipinski definition) is 7. The van der Waals surface area contributed by atoms with Crippen LogP contribution in [0.25, 0.3) is 0 Å². The van der Waals surface area contributed by atoms with Crippen molar-refractivity contribution in [1.82, 2.24) is 20.2 Å². The van der Waals surface area contributed by atoms with Crippen LogP contribution in [-0.2, 0) is 7.05 Å². The molecule has 4 rings (SSSR count). The molecule has 160 valence electrons. The van der Waals surface area contributed by atoms with E-state index in [0.717, 1.165) is 0 Å². The highest BCUT2D eigenvalue weighted by atomic mass is 32.2. The average molecular weight is 439 g/mol. The van der Waals surface area contributed by atoms with E-state index in [0.29, 0.717) is 21.7 Å². The zero-order chi connectivity index (χ0) is 21.8. The van der Waals surface area contributed by atoms with Gasteiger partial charge in [0.25, 0.3) is 11.6 Å². The highest BCUT2D eigenvalue weighted by Crippen LogP contribution is 2.34. The molecule has 9 nitrogen and oxygen atoms in total. The number of aryl methyl sites for hydroxylation is 1. The number of anilines is 1. The molecule has 0 saturated heterocycles. The number of nitro benzene ring substituents is 1. The maximum Gasteiger partial charge on any atom is 0.270 e. The molecule has 1 aromatic heterocycles. The fourth-order valence-corrected chi connectivity index (χ4v) is 4.62. The number of nitrogens with zero attached hydrogens (tertiary/aromatic N) is 5. The Kier molecular flexibility index (Phi) is 6.26. The number of amides is 1. The highest BCUT2D eigenvalue weighted by Gasteiger charge is 2.20. The van der Waals surface area contributed by atoms with Gasteiger partial charge >= 0.3 is 0 Å². The van der Waals surface area contributed by atoms with Crippen molar-refractivity contribution in [1.29, 1.82) is 0 Å². The molecule has 0 bridgehead atoms. The summed E-state index contributed by atoms with van der Waals surface area (Å²) in [4.78, 5) is 24.2. The number of rotatable bonds is 6. The number of aromatic nitrogens is 4. The van der Waals surface area contributed by atoms with Crippen LogP contribution in [-0.4, -0.2) is 31.0 Å². The van der Waals surface area contributed by atoms with Crippen molar-refractivity contribution in [2.75, 3.05) is 5.32 Å². The Bertz CT molecular complexity index is 1090. The second-order valence-corrected chi connectivity index (χ2v) is 8.54. The Morgan fingerprint density at radius 3 is 2.55 bits per heavy atom. The minimum atomic E-state index is -0.520. The fraction of sp³-hybridized carbons (Fsp3) is 0.333. The van der Waals surface area contributed by atoms with Gasteiger partial charge in [0.05, 0.1) is 10.5 Å². The van der Waals surface area contributed by atoms with Gasteiger partial charge in [0, 0.05) is 29.8 Å². The van der Waals surface area contributed by atoms with Crippen LogP contribution in [0.1, 0.15) is 53.9 Å². The lowest BCUT2D eigenvalue weighted by atomic mass is 9.84. The molecule has 0 unspecified atom stereocenters. The molecule has 3 aromatic rings. The Balaban J connectivity index is 1.55. The van der Waals surface area contributed by atoms with Crippen LogP contribution in [0.3, 0.4) is 0 Å². The Morgan fingerprint density at radius 2 is 1.90 bits per heavy atom. The predicted octanol–water partition coefficient (Wildman–Crippen LogP) is 4.57. The number of non-ortho nitro benzene ring substituents is 1. The van der Waals surface area contributed by atoms with Crippen LogP contribution in [0, 0.1) is 10.1 Å². The van der Waals surface area contributed by atoms with Gasteiger partial charge < -0.3 is 5.32 Å². The van der Waals surface area contributed by atoms with E-state index in [1.165, 1.54) is 66.2 Å². The summed E-state index contributed by atoms with van der Waals surface area (Å²) in [5.41, 5.74) is 1.98. The fourth-order valence-electron chi connectivity index (χ4n) is 3.78. The molecule has 1 fully saturated rings. The average Bonchev–Trinajstić information content (AvgIpc) is 3.19. The molecule has 1 amide bonds. The summed E-state index contributed by atoms with van der Waals surface area (Å²) in [6, 6.07) is 12.1. The van der Waals surface area contributed by atoms with Crippen LogP contribution < -0.4 is 5.32 Å². The van der Waals surface area contributed by atoms with Crippen molar-refractivity contribution < 1.29 is 9.72 Å². The Labute approximate surface area is 183 Å². The topological polar surface area (TPSA) is 116 Å². The molecular weight excluding hydrogens is 416 g/mol. The molecule has 31 heavy (non-hydrogen) atoms. The van der Waals surface area contributed by atoms with E-state index in [4.69, 9.17) is 0 Å². The van der Waals surface area contributed by atoms with Crippen LogP contribution in [0.5, 0.6) is 0 Å². The second kappa shape index (κ2) is 9.25. The van der Waals surface area contributed by atoms with Crippen LogP contribution >= 0.6 is 11.8 Å². The summed E-state index contributed by atoms with van der Waals surface area (Å²) in [5.74, 6) is 0.157. The number of nitrogens with one attached hydrogen (secondary N) is 1. The molecule has 1 saturated carbocycles. The quantitative estimate of drug-likeness (QED) is 0.443. The number of hydrogen-bond donors (Lipinski definition) is 1. The Morgan fingerprint density at radius 1 is 1.16 bits per heavy atom. The molecule has 1 heterocycles. The van der Waals surface area contributed by atoms with E-state index in [1.54, 1.807) is 13.1 Å². The smallest absolute Gasteiger partial charge is 0.270 e. The summed E-state index contributed by atoms with van der Waals surface area (Å²) in [7, 11) is 1.68. The van der Waals surface area contributed by atoms with Crippen LogP contribution in [0.2, 0.25) is 0 Å². The third-order valence-corrected chi connectivity index (χ3v) is 6.55. The lowest BCUT2D eigenvalue weighted by Crippen LogP contribution is -2.14. The zero-order valence-electron chi connectivity index (χ0n) is 17.0. The minimum absolute atomic E-state index is 0.154. The normalized spacial score (nSPS) is 14.4. The molecule has 1 N–H and O–H groups in total. The molecule has 1 aliphatic rings. The van der Waals surface area contributed by atoms with Gasteiger partial charge in [-0.25, -0.2) is 4.68 Å². The molecule has 0 radical (unpaired) electrons. The second-order valence-electron chi connectivity index (χ2n) is 7.54. The van der Waals surface area contributed by atoms with Gasteiger partial charge in [-0.2, -0.15) is 0 Å². The van der Waals surface area contributed by atoms with Crippen molar-refractivity contribution in [3.8, 4) is 0 Å². The van der Waals surface area contributed by atoms with Gasteiger partial charge in [-0.15, -0.1) is 5.10 Å². The first-order chi connectivity index (χ1) is 15.0. The minimum Gasteiger partial charge on any atom is -0.322 e. The molecule has 0 aliphatic heterocycles. The van der Waals surface area contributed by atoms with E-state index in [-0.39, 0.29) is 11.3 Å². The SMILES string of the molecule is Cn1nnnc1Sc1ccc([N+](=O)[O-])cc1C(=O)Nc1ccc(C2CCCCC2)cc1. The number of nitro groups is 1. The van der Waals surface area contributed by atoms with E-state index < -0.39 is 10.8 Å². The summed E-state index contributed by atoms with van der Waals surface area (Å²) < 4.78 is 1.47. The van der Waals surface area contributed by atoms with E-state index in [1.807, 2.05) is 12.1 Å². The maximum atomic E-state index is 13.0. The van der Waals surface area contributed by atoms with Gasteiger partial charge in [-0.1, -0.05) is 31.4 Å². The van der Waals surface area contributed by atoms with Crippen LogP contribution in [0.15, 0.2) is 52.5 Å². The van der Waals surface area contributed by atoms with Crippen molar-refractivity contribution in [3.63, 3.8) is 0 Å². The number of tetrazole rings is 1. The zero-order valence-corrected chi connectivity index (χ0v) is 17.8. The van der Waals surface area contributed by atoms with Gasteiger partial charge in [0.2, 0.25) is 5.16 Å². The van der Waals surface area contributed by atoms with Crippen molar-refractivity contribution >= 4 is 29.0 Å². The summed E-state index contributed by atoms with van der Waals surface area (Å²) in [5, 5.41) is 25.8. The first-order valence-corrected chi connectivity index (χ1v) is 10.9. The molecule has 0 spiro atoms. The molecule has 2 aromatic carbocycles. The van der Waals surface area contributed by atoms with Crippen molar-refractivity contribution in [2.45, 2.75) is 48.1 Å². The van der Waals surface area contributed by atoms with E-state index in [9.17, 15) is 14.9 Å². The molecule has 0 atom stereocenters. The van der Waals surface area contributed by atoms with Gasteiger partial charge in [0.15, 0.2) is 0 Å². The van der Waals surface area contributed by atoms with Gasteiger partial charge in [-0.3, -0.25) is 14.9 Å². The van der Waals surface area contributed by atoms with E-state index >= 15 is 0 Å². The van der Waals surface area contributed by atoms with Crippen LogP contribution in [0.4, 0.5) is 11.4 Å². The van der Waals surface area contributed by atoms with Crippen molar-refractivity contribution in [2.24, 2.45) is 7.05 Å². The number of carbonyl (C=O) groups is 1. The maximum absolute atomic E-state index is 13.0. The lowest BCUT2D eigenvalue weighted by molar-refractivity contribution is -0.384. The molecule has 1 aliphatic carbocycles. The first kappa shape index (κ1) is 21.0. The first-order valence-electron chi connectivity index (χ1n) is 10.1. The predicted molar refractivity (Wildman–Crippen MR) is 116 cm³/mol. The molecular formula is C21H22N6O3S. The van der Waals surface area contributed by atoms with Gasteiger partial charge in [0.1, 0.15) is 0 Å². The van der Waals surface area contributed by atoms with E-state index in [2.05, 4.69) is 33.0 Å². The summed E-state index contributed by atoms with van der Waals surface area (Å²) in [6.07, 6.45) is 6.24. The standard InChI is InChI=1S/C21H22N6O3S/c1-26-21(23-24-25-26)31-19-12-11-17(27(29)30)13-18(19)20(28)22-16-9-7-15(8-10-16)14-5-3-2-4-6-14/h7-14H,2-6H2,1H3,(H,22,28). The molecule has 10 heteroatoms. The largest absolute Gasteiger partial charge is 0.322 e. The van der Waals surface area contributed by atoms with Gasteiger partial charge in [-0.05, 0) is 64.7 Å². The number of carbonyl (C=O) groups excluding carboxylic acids is 1. The highest BCUT2D eigenvalue weighted by molar-refractivity contribution is 7.99. The Hall–Kier alpha value is -3.27. The third kappa shape index (κ3) is 4.91.